The molecule has 0 fully saturated rings. The van der Waals surface area contributed by atoms with E-state index in [1.54, 1.807) is 30.5 Å². The zero-order valence-electron chi connectivity index (χ0n) is 12.2. The van der Waals surface area contributed by atoms with Gasteiger partial charge in [0.05, 0.1) is 5.71 Å². The van der Waals surface area contributed by atoms with E-state index in [0.29, 0.717) is 16.4 Å². The number of hydrogen-bond donors (Lipinski definition) is 2. The second kappa shape index (κ2) is 6.49. The van der Waals surface area contributed by atoms with Crippen molar-refractivity contribution in [1.82, 2.24) is 5.32 Å². The molecule has 2 aromatic rings. The summed E-state index contributed by atoms with van der Waals surface area (Å²) in [5.41, 5.74) is 9.06. The normalized spacial score (nSPS) is 20.3. The summed E-state index contributed by atoms with van der Waals surface area (Å²) in [6.07, 6.45) is 7.22. The van der Waals surface area contributed by atoms with Crippen molar-refractivity contribution in [3.63, 3.8) is 0 Å². The lowest BCUT2D eigenvalue weighted by atomic mass is 10.0. The SMILES string of the molecule is Nc1ccc(Cl)cc1C(=NC1(Cl)C=CC=CN1)c1ccccc1. The number of alkyl halides is 1. The minimum Gasteiger partial charge on any atom is -0.398 e. The molecule has 3 rings (SSSR count). The minimum atomic E-state index is -1.06. The van der Waals surface area contributed by atoms with Crippen LogP contribution in [0.15, 0.2) is 78.0 Å². The van der Waals surface area contributed by atoms with Gasteiger partial charge < -0.3 is 11.1 Å². The summed E-state index contributed by atoms with van der Waals surface area (Å²) < 4.78 is 0. The molecule has 1 aliphatic heterocycles. The molecule has 116 valence electrons. The van der Waals surface area contributed by atoms with Crippen molar-refractivity contribution >= 4 is 34.6 Å². The van der Waals surface area contributed by atoms with Gasteiger partial charge in [-0.05, 0) is 36.6 Å². The van der Waals surface area contributed by atoms with Gasteiger partial charge in [-0.2, -0.15) is 0 Å². The maximum atomic E-state index is 6.55. The first kappa shape index (κ1) is 15.7. The Hall–Kier alpha value is -2.23. The van der Waals surface area contributed by atoms with Gasteiger partial charge in [0.15, 0.2) is 0 Å². The quantitative estimate of drug-likeness (QED) is 0.377. The number of nitrogen functional groups attached to an aromatic ring is 1. The molecule has 3 N–H and O–H groups in total. The first-order chi connectivity index (χ1) is 11.1. The average molecular weight is 344 g/mol. The van der Waals surface area contributed by atoms with Gasteiger partial charge in [0.25, 0.3) is 0 Å². The van der Waals surface area contributed by atoms with Crippen molar-refractivity contribution in [2.24, 2.45) is 4.99 Å². The summed E-state index contributed by atoms with van der Waals surface area (Å²) in [4.78, 5) is 4.70. The summed E-state index contributed by atoms with van der Waals surface area (Å²) >= 11 is 12.7. The van der Waals surface area contributed by atoms with Crippen LogP contribution in [0.4, 0.5) is 5.69 Å². The second-order valence-corrected chi connectivity index (χ2v) is 6.11. The maximum Gasteiger partial charge on any atom is 0.226 e. The second-order valence-electron chi connectivity index (χ2n) is 5.09. The zero-order chi connectivity index (χ0) is 16.3. The third-order valence-corrected chi connectivity index (χ3v) is 3.96. The highest BCUT2D eigenvalue weighted by Gasteiger charge is 2.24. The zero-order valence-corrected chi connectivity index (χ0v) is 13.7. The van der Waals surface area contributed by atoms with Gasteiger partial charge in [-0.3, -0.25) is 0 Å². The van der Waals surface area contributed by atoms with Gasteiger partial charge in [0.2, 0.25) is 5.12 Å². The molecule has 0 radical (unpaired) electrons. The van der Waals surface area contributed by atoms with Gasteiger partial charge in [-0.15, -0.1) is 0 Å². The Balaban J connectivity index is 2.17. The largest absolute Gasteiger partial charge is 0.398 e. The van der Waals surface area contributed by atoms with E-state index in [4.69, 9.17) is 33.9 Å². The Morgan fingerprint density at radius 3 is 2.57 bits per heavy atom. The number of hydrogen-bond acceptors (Lipinski definition) is 3. The van der Waals surface area contributed by atoms with E-state index in [1.807, 2.05) is 42.5 Å². The summed E-state index contributed by atoms with van der Waals surface area (Å²) in [5, 5.41) is 2.57. The minimum absolute atomic E-state index is 0.590. The van der Waals surface area contributed by atoms with Crippen LogP contribution in [0.25, 0.3) is 0 Å². The number of halogens is 2. The summed E-state index contributed by atoms with van der Waals surface area (Å²) in [5.74, 6) is 0. The van der Waals surface area contributed by atoms with Crippen LogP contribution in [-0.4, -0.2) is 10.8 Å². The van der Waals surface area contributed by atoms with Crippen LogP contribution in [0.1, 0.15) is 11.1 Å². The molecule has 5 heteroatoms. The number of rotatable bonds is 3. The van der Waals surface area contributed by atoms with Crippen molar-refractivity contribution in [2.75, 3.05) is 5.73 Å². The van der Waals surface area contributed by atoms with Gasteiger partial charge in [0.1, 0.15) is 0 Å². The van der Waals surface area contributed by atoms with Gasteiger partial charge in [-0.1, -0.05) is 59.6 Å². The number of anilines is 1. The van der Waals surface area contributed by atoms with Crippen LogP contribution in [0.5, 0.6) is 0 Å². The fraction of sp³-hybridized carbons (Fsp3) is 0.0556. The molecule has 1 atom stereocenters. The van der Waals surface area contributed by atoms with Crippen LogP contribution in [0.3, 0.4) is 0 Å². The summed E-state index contributed by atoms with van der Waals surface area (Å²) in [7, 11) is 0. The van der Waals surface area contributed by atoms with E-state index in [0.717, 1.165) is 11.1 Å². The molecule has 0 saturated carbocycles. The molecule has 0 aromatic heterocycles. The van der Waals surface area contributed by atoms with Crippen LogP contribution < -0.4 is 11.1 Å². The van der Waals surface area contributed by atoms with E-state index in [2.05, 4.69) is 5.32 Å². The lowest BCUT2D eigenvalue weighted by molar-refractivity contribution is 0.656. The van der Waals surface area contributed by atoms with Gasteiger partial charge in [-0.25, -0.2) is 4.99 Å². The molecule has 1 aliphatic rings. The van der Waals surface area contributed by atoms with Crippen molar-refractivity contribution in [2.45, 2.75) is 5.12 Å². The van der Waals surface area contributed by atoms with E-state index >= 15 is 0 Å². The van der Waals surface area contributed by atoms with Gasteiger partial charge >= 0.3 is 0 Å². The topological polar surface area (TPSA) is 50.4 Å². The fourth-order valence-electron chi connectivity index (χ4n) is 2.29. The molecule has 0 spiro atoms. The maximum absolute atomic E-state index is 6.55. The van der Waals surface area contributed by atoms with E-state index in [1.165, 1.54) is 0 Å². The van der Waals surface area contributed by atoms with Crippen LogP contribution in [0, 0.1) is 0 Å². The number of nitrogens with one attached hydrogen (secondary N) is 1. The van der Waals surface area contributed by atoms with Crippen LogP contribution >= 0.6 is 23.2 Å². The number of benzene rings is 2. The Bertz CT molecular complexity index is 797. The highest BCUT2D eigenvalue weighted by atomic mass is 35.5. The highest BCUT2D eigenvalue weighted by Crippen LogP contribution is 2.26. The van der Waals surface area contributed by atoms with Crippen molar-refractivity contribution < 1.29 is 0 Å². The molecule has 0 amide bonds. The average Bonchev–Trinajstić information content (AvgIpc) is 2.57. The predicted octanol–water partition coefficient (Wildman–Crippen LogP) is 4.33. The van der Waals surface area contributed by atoms with E-state index < -0.39 is 5.12 Å². The molecule has 23 heavy (non-hydrogen) atoms. The molecule has 0 saturated heterocycles. The van der Waals surface area contributed by atoms with Crippen molar-refractivity contribution in [3.05, 3.63) is 89.1 Å². The number of aliphatic imine (C=N–C) groups is 1. The Morgan fingerprint density at radius 2 is 1.87 bits per heavy atom. The molecule has 1 unspecified atom stereocenters. The van der Waals surface area contributed by atoms with Crippen molar-refractivity contribution in [1.29, 1.82) is 0 Å². The van der Waals surface area contributed by atoms with Crippen LogP contribution in [0.2, 0.25) is 5.02 Å². The smallest absolute Gasteiger partial charge is 0.226 e. The Kier molecular flexibility index (Phi) is 4.42. The predicted molar refractivity (Wildman–Crippen MR) is 97.9 cm³/mol. The van der Waals surface area contributed by atoms with E-state index in [9.17, 15) is 0 Å². The molecule has 1 heterocycles. The summed E-state index contributed by atoms with van der Waals surface area (Å²) in [6, 6.07) is 15.1. The first-order valence-corrected chi connectivity index (χ1v) is 7.85. The molecule has 0 aliphatic carbocycles. The molecule has 2 aromatic carbocycles. The highest BCUT2D eigenvalue weighted by molar-refractivity contribution is 6.32. The van der Waals surface area contributed by atoms with Crippen molar-refractivity contribution in [3.8, 4) is 0 Å². The standard InChI is InChI=1S/C18H15Cl2N3/c19-14-8-9-16(21)15(12-14)17(13-6-2-1-3-7-13)23-18(20)10-4-5-11-22-18/h1-12,22H,21H2. The summed E-state index contributed by atoms with van der Waals surface area (Å²) in [6.45, 7) is 0. The fourth-order valence-corrected chi connectivity index (χ4v) is 2.69. The molecule has 3 nitrogen and oxygen atoms in total. The number of nitrogens with two attached hydrogens (primary N) is 1. The first-order valence-electron chi connectivity index (χ1n) is 7.09. The number of dihydropyridines is 1. The molecular formula is C18H15Cl2N3. The van der Waals surface area contributed by atoms with E-state index in [-0.39, 0.29) is 0 Å². The number of allylic oxidation sites excluding steroid dienone is 2. The lowest BCUT2D eigenvalue weighted by Crippen LogP contribution is -2.34. The number of nitrogens with zero attached hydrogens (tertiary/aromatic N) is 1. The third kappa shape index (κ3) is 3.58. The van der Waals surface area contributed by atoms with Crippen LogP contribution in [-0.2, 0) is 0 Å². The monoisotopic (exact) mass is 343 g/mol. The lowest BCUT2D eigenvalue weighted by Gasteiger charge is -2.23. The molecule has 0 bridgehead atoms. The molecular weight excluding hydrogens is 329 g/mol. The van der Waals surface area contributed by atoms with Gasteiger partial charge in [0, 0.05) is 21.8 Å². The Morgan fingerprint density at radius 1 is 1.09 bits per heavy atom. The Labute approximate surface area is 145 Å². The third-order valence-electron chi connectivity index (χ3n) is 3.40.